The predicted octanol–water partition coefficient (Wildman–Crippen LogP) is 5.75. The second-order valence-electron chi connectivity index (χ2n) is 6.62. The van der Waals surface area contributed by atoms with Gasteiger partial charge in [-0.1, -0.05) is 65.9 Å². The summed E-state index contributed by atoms with van der Waals surface area (Å²) in [4.78, 5) is 13.9. The Morgan fingerprint density at radius 3 is 2.35 bits per heavy atom. The van der Waals surface area contributed by atoms with E-state index in [1.807, 2.05) is 48.5 Å². The van der Waals surface area contributed by atoms with E-state index in [4.69, 9.17) is 11.6 Å². The molecule has 1 heterocycles. The highest BCUT2D eigenvalue weighted by Crippen LogP contribution is 2.31. The molecule has 31 heavy (non-hydrogen) atoms. The number of anilines is 1. The summed E-state index contributed by atoms with van der Waals surface area (Å²) in [5.74, 6) is -0.232. The summed E-state index contributed by atoms with van der Waals surface area (Å²) in [7, 11) is 0. The highest BCUT2D eigenvalue weighted by atomic mass is 35.5. The van der Waals surface area contributed by atoms with Crippen LogP contribution in [0.2, 0.25) is 0 Å². The smallest absolute Gasteiger partial charge is 0.248 e. The second kappa shape index (κ2) is 9.76. The number of rotatable bonds is 7. The maximum absolute atomic E-state index is 14.5. The highest BCUT2D eigenvalue weighted by molar-refractivity contribution is 7.98. The molecular formula is C23H18ClFN4OS. The summed E-state index contributed by atoms with van der Waals surface area (Å²) in [5, 5.41) is 10.2. The van der Waals surface area contributed by atoms with E-state index in [0.29, 0.717) is 17.3 Å². The number of aromatic nitrogens is 3. The van der Waals surface area contributed by atoms with Gasteiger partial charge >= 0.3 is 0 Å². The van der Waals surface area contributed by atoms with Crippen molar-refractivity contribution in [3.8, 4) is 11.3 Å². The van der Waals surface area contributed by atoms with Crippen molar-refractivity contribution >= 4 is 35.1 Å². The molecule has 1 unspecified atom stereocenters. The van der Waals surface area contributed by atoms with E-state index < -0.39 is 17.1 Å². The number of amides is 1. The third-order valence-corrected chi connectivity index (χ3v) is 5.95. The Balaban J connectivity index is 1.65. The van der Waals surface area contributed by atoms with Crippen LogP contribution in [-0.2, 0) is 10.7 Å². The summed E-state index contributed by atoms with van der Waals surface area (Å²) >= 11 is 7.90. The SMILES string of the molecule is O=C(Nc1c(-c2ccccc2F)nnn1CSc1ccccc1)C(Cl)c1ccccc1. The number of nitrogens with one attached hydrogen (secondary N) is 1. The van der Waals surface area contributed by atoms with E-state index in [1.54, 1.807) is 30.3 Å². The van der Waals surface area contributed by atoms with Crippen molar-refractivity contribution in [1.29, 1.82) is 0 Å². The van der Waals surface area contributed by atoms with Gasteiger partial charge in [0.05, 0.1) is 5.88 Å². The highest BCUT2D eigenvalue weighted by Gasteiger charge is 2.24. The number of hydrogen-bond donors (Lipinski definition) is 1. The standard InChI is InChI=1S/C23H18ClFN4OS/c24-20(16-9-3-1-4-10-16)23(30)26-22-21(18-13-7-8-14-19(18)25)27-28-29(22)15-31-17-11-5-2-6-12-17/h1-14,20H,15H2,(H,26,30). The lowest BCUT2D eigenvalue weighted by Crippen LogP contribution is -2.20. The van der Waals surface area contributed by atoms with Gasteiger partial charge in [0.2, 0.25) is 5.91 Å². The van der Waals surface area contributed by atoms with Crippen LogP contribution in [0.3, 0.4) is 0 Å². The molecule has 0 aliphatic rings. The zero-order valence-electron chi connectivity index (χ0n) is 16.3. The molecule has 1 amide bonds. The Labute approximate surface area is 188 Å². The average Bonchev–Trinajstić information content (AvgIpc) is 3.20. The van der Waals surface area contributed by atoms with Gasteiger partial charge in [-0.2, -0.15) is 0 Å². The lowest BCUT2D eigenvalue weighted by atomic mass is 10.1. The lowest BCUT2D eigenvalue weighted by Gasteiger charge is -2.13. The van der Waals surface area contributed by atoms with E-state index in [-0.39, 0.29) is 11.3 Å². The fourth-order valence-corrected chi connectivity index (χ4v) is 3.97. The summed E-state index contributed by atoms with van der Waals surface area (Å²) < 4.78 is 16.0. The van der Waals surface area contributed by atoms with Crippen molar-refractivity contribution < 1.29 is 9.18 Å². The molecule has 0 bridgehead atoms. The summed E-state index contributed by atoms with van der Waals surface area (Å²) in [6.45, 7) is 0. The maximum atomic E-state index is 14.5. The van der Waals surface area contributed by atoms with E-state index in [2.05, 4.69) is 15.6 Å². The molecule has 0 saturated carbocycles. The monoisotopic (exact) mass is 452 g/mol. The molecule has 1 atom stereocenters. The Morgan fingerprint density at radius 2 is 1.65 bits per heavy atom. The van der Waals surface area contributed by atoms with Crippen molar-refractivity contribution in [1.82, 2.24) is 15.0 Å². The molecule has 4 rings (SSSR count). The minimum absolute atomic E-state index is 0.247. The molecule has 0 aliphatic carbocycles. The molecule has 0 fully saturated rings. The molecule has 0 spiro atoms. The first-order valence-corrected chi connectivity index (χ1v) is 10.9. The molecule has 3 aromatic carbocycles. The minimum atomic E-state index is -0.917. The molecule has 0 saturated heterocycles. The molecule has 8 heteroatoms. The van der Waals surface area contributed by atoms with Gasteiger partial charge in [0, 0.05) is 10.5 Å². The van der Waals surface area contributed by atoms with Crippen molar-refractivity contribution in [3.63, 3.8) is 0 Å². The predicted molar refractivity (Wildman–Crippen MR) is 121 cm³/mol. The average molecular weight is 453 g/mol. The number of alkyl halides is 1. The molecular weight excluding hydrogens is 435 g/mol. The first-order valence-electron chi connectivity index (χ1n) is 9.49. The lowest BCUT2D eigenvalue weighted by molar-refractivity contribution is -0.116. The zero-order valence-corrected chi connectivity index (χ0v) is 17.9. The molecule has 4 aromatic rings. The van der Waals surface area contributed by atoms with Gasteiger partial charge in [-0.3, -0.25) is 4.79 Å². The van der Waals surface area contributed by atoms with Crippen molar-refractivity contribution in [2.45, 2.75) is 16.1 Å². The molecule has 1 N–H and O–H groups in total. The fraction of sp³-hybridized carbons (Fsp3) is 0.0870. The second-order valence-corrected chi connectivity index (χ2v) is 8.07. The van der Waals surface area contributed by atoms with E-state index in [0.717, 1.165) is 4.90 Å². The maximum Gasteiger partial charge on any atom is 0.248 e. The Bertz CT molecular complexity index is 1170. The summed E-state index contributed by atoms with van der Waals surface area (Å²) in [5.41, 5.74) is 1.16. The van der Waals surface area contributed by atoms with E-state index >= 15 is 0 Å². The largest absolute Gasteiger partial charge is 0.307 e. The zero-order chi connectivity index (χ0) is 21.6. The Hall–Kier alpha value is -3.16. The number of carbonyl (C=O) groups excluding carboxylic acids is 1. The first-order chi connectivity index (χ1) is 15.1. The van der Waals surface area contributed by atoms with Gasteiger partial charge in [0.25, 0.3) is 0 Å². The Morgan fingerprint density at radius 1 is 1.00 bits per heavy atom. The van der Waals surface area contributed by atoms with Crippen molar-refractivity contribution in [2.24, 2.45) is 0 Å². The van der Waals surface area contributed by atoms with E-state index in [1.165, 1.54) is 22.5 Å². The third-order valence-electron chi connectivity index (χ3n) is 4.52. The van der Waals surface area contributed by atoms with Crippen LogP contribution in [0.4, 0.5) is 10.2 Å². The number of carbonyl (C=O) groups is 1. The van der Waals surface area contributed by atoms with Crippen LogP contribution < -0.4 is 5.32 Å². The van der Waals surface area contributed by atoms with E-state index in [9.17, 15) is 9.18 Å². The van der Waals surface area contributed by atoms with Crippen molar-refractivity contribution in [3.05, 3.63) is 96.3 Å². The minimum Gasteiger partial charge on any atom is -0.307 e. The van der Waals surface area contributed by atoms with Crippen LogP contribution in [0.15, 0.2) is 89.8 Å². The van der Waals surface area contributed by atoms with Gasteiger partial charge in [-0.15, -0.1) is 28.5 Å². The summed E-state index contributed by atoms with van der Waals surface area (Å²) in [6.07, 6.45) is 0. The number of benzene rings is 3. The quantitative estimate of drug-likeness (QED) is 0.286. The summed E-state index contributed by atoms with van der Waals surface area (Å²) in [6, 6.07) is 25.0. The normalized spacial score (nSPS) is 11.8. The van der Waals surface area contributed by atoms with Gasteiger partial charge in [-0.05, 0) is 29.8 Å². The topological polar surface area (TPSA) is 59.8 Å². The Kier molecular flexibility index (Phi) is 6.64. The van der Waals surface area contributed by atoms with Crippen molar-refractivity contribution in [2.75, 3.05) is 5.32 Å². The number of hydrogen-bond acceptors (Lipinski definition) is 4. The van der Waals surface area contributed by atoms with Crippen LogP contribution in [0.1, 0.15) is 10.9 Å². The molecule has 5 nitrogen and oxygen atoms in total. The number of halogens is 2. The van der Waals surface area contributed by atoms with Crippen LogP contribution in [0, 0.1) is 5.82 Å². The van der Waals surface area contributed by atoms with Crippen LogP contribution in [-0.4, -0.2) is 20.9 Å². The van der Waals surface area contributed by atoms with Gasteiger partial charge in [0.1, 0.15) is 16.9 Å². The van der Waals surface area contributed by atoms with Crippen LogP contribution in [0.5, 0.6) is 0 Å². The molecule has 0 aliphatic heterocycles. The molecule has 0 radical (unpaired) electrons. The molecule has 1 aromatic heterocycles. The number of thioether (sulfide) groups is 1. The molecule has 156 valence electrons. The first kappa shape index (κ1) is 21.1. The third kappa shape index (κ3) is 4.95. The van der Waals surface area contributed by atoms with Crippen LogP contribution >= 0.6 is 23.4 Å². The van der Waals surface area contributed by atoms with Gasteiger partial charge in [0.15, 0.2) is 5.82 Å². The fourth-order valence-electron chi connectivity index (χ4n) is 2.97. The van der Waals surface area contributed by atoms with Crippen LogP contribution in [0.25, 0.3) is 11.3 Å². The van der Waals surface area contributed by atoms with Gasteiger partial charge < -0.3 is 5.32 Å². The number of nitrogens with zero attached hydrogens (tertiary/aromatic N) is 3. The van der Waals surface area contributed by atoms with Gasteiger partial charge in [-0.25, -0.2) is 9.07 Å².